The molecule has 2 heterocycles. The van der Waals surface area contributed by atoms with Crippen LogP contribution in [-0.2, 0) is 13.7 Å². The maximum Gasteiger partial charge on any atom is 0.256 e. The Balaban J connectivity index is 3.04. The third-order valence-electron chi connectivity index (χ3n) is 3.23. The van der Waals surface area contributed by atoms with Gasteiger partial charge in [-0.15, -0.1) is 0 Å². The Morgan fingerprint density at radius 2 is 2.16 bits per heavy atom. The number of hydrogen-bond donors (Lipinski definition) is 1. The fraction of sp³-hybridized carbons (Fsp3) is 0.357. The molecule has 2 rings (SSSR count). The first-order valence-electron chi connectivity index (χ1n) is 6.04. The highest BCUT2D eigenvalue weighted by Crippen LogP contribution is 2.25. The second-order valence-electron chi connectivity index (χ2n) is 4.75. The van der Waals surface area contributed by atoms with Gasteiger partial charge in [-0.1, -0.05) is 13.8 Å². The lowest BCUT2D eigenvalue weighted by Gasteiger charge is -2.16. The molecule has 0 aliphatic heterocycles. The number of nitrogens with zero attached hydrogens (tertiary/aromatic N) is 3. The third kappa shape index (κ3) is 2.00. The van der Waals surface area contributed by atoms with Gasteiger partial charge in [0.2, 0.25) is 0 Å². The zero-order valence-corrected chi connectivity index (χ0v) is 11.1. The molecule has 5 nitrogen and oxygen atoms in total. The molecular weight excluding hydrogens is 242 g/mol. The third-order valence-corrected chi connectivity index (χ3v) is 3.23. The molecule has 19 heavy (non-hydrogen) atoms. The number of hydrogen-bond acceptors (Lipinski definition) is 4. The standard InChI is InChI=1S/C14H15N3O2/c1-8(2)12-10(7-18)14(19)17(3)11-5-4-9(6-15)16-13(11)12/h4-5,8,18H,7H2,1-3H3. The summed E-state index contributed by atoms with van der Waals surface area (Å²) < 4.78 is 1.46. The van der Waals surface area contributed by atoms with Crippen molar-refractivity contribution < 1.29 is 5.11 Å². The van der Waals surface area contributed by atoms with Crippen LogP contribution in [0.4, 0.5) is 0 Å². The van der Waals surface area contributed by atoms with E-state index in [1.807, 2.05) is 19.9 Å². The van der Waals surface area contributed by atoms with E-state index in [0.29, 0.717) is 22.3 Å². The van der Waals surface area contributed by atoms with E-state index in [-0.39, 0.29) is 18.1 Å². The predicted molar refractivity (Wildman–Crippen MR) is 71.7 cm³/mol. The lowest BCUT2D eigenvalue weighted by molar-refractivity contribution is 0.278. The van der Waals surface area contributed by atoms with Gasteiger partial charge in [-0.05, 0) is 23.6 Å². The Labute approximate surface area is 110 Å². The summed E-state index contributed by atoms with van der Waals surface area (Å²) >= 11 is 0. The van der Waals surface area contributed by atoms with Gasteiger partial charge < -0.3 is 9.67 Å². The lowest BCUT2D eigenvalue weighted by Crippen LogP contribution is -2.25. The Hall–Kier alpha value is -2.19. The first-order chi connectivity index (χ1) is 9.01. The summed E-state index contributed by atoms with van der Waals surface area (Å²) in [7, 11) is 1.64. The maximum absolute atomic E-state index is 12.2. The van der Waals surface area contributed by atoms with Gasteiger partial charge in [0, 0.05) is 12.6 Å². The minimum atomic E-state index is -0.325. The van der Waals surface area contributed by atoms with Crippen molar-refractivity contribution in [3.63, 3.8) is 0 Å². The van der Waals surface area contributed by atoms with E-state index in [9.17, 15) is 9.90 Å². The topological polar surface area (TPSA) is 78.9 Å². The zero-order chi connectivity index (χ0) is 14.2. The van der Waals surface area contributed by atoms with Crippen LogP contribution < -0.4 is 5.56 Å². The summed E-state index contributed by atoms with van der Waals surface area (Å²) in [4.78, 5) is 16.5. The fourth-order valence-electron chi connectivity index (χ4n) is 2.33. The highest BCUT2D eigenvalue weighted by atomic mass is 16.3. The monoisotopic (exact) mass is 257 g/mol. The van der Waals surface area contributed by atoms with E-state index in [2.05, 4.69) is 4.98 Å². The number of aliphatic hydroxyl groups is 1. The van der Waals surface area contributed by atoms with Gasteiger partial charge in [-0.2, -0.15) is 5.26 Å². The molecule has 0 radical (unpaired) electrons. The van der Waals surface area contributed by atoms with Crippen LogP contribution >= 0.6 is 0 Å². The largest absolute Gasteiger partial charge is 0.391 e. The Morgan fingerprint density at radius 1 is 1.47 bits per heavy atom. The number of rotatable bonds is 2. The molecule has 0 aliphatic carbocycles. The minimum Gasteiger partial charge on any atom is -0.391 e. The minimum absolute atomic E-state index is 0.0417. The normalized spacial score (nSPS) is 10.9. The highest BCUT2D eigenvalue weighted by molar-refractivity contribution is 5.80. The first kappa shape index (κ1) is 13.2. The summed E-state index contributed by atoms with van der Waals surface area (Å²) in [5.74, 6) is 0.0417. The zero-order valence-electron chi connectivity index (χ0n) is 11.1. The Kier molecular flexibility index (Phi) is 3.36. The van der Waals surface area contributed by atoms with E-state index in [1.54, 1.807) is 19.2 Å². The quantitative estimate of drug-likeness (QED) is 0.882. The molecule has 0 amide bonds. The second-order valence-corrected chi connectivity index (χ2v) is 4.75. The first-order valence-corrected chi connectivity index (χ1v) is 6.04. The number of aromatic nitrogens is 2. The molecule has 98 valence electrons. The van der Waals surface area contributed by atoms with Gasteiger partial charge in [-0.25, -0.2) is 4.98 Å². The summed E-state index contributed by atoms with van der Waals surface area (Å²) in [5, 5.41) is 18.4. The number of nitriles is 1. The molecule has 0 saturated carbocycles. The number of aryl methyl sites for hydroxylation is 1. The average Bonchev–Trinajstić information content (AvgIpc) is 2.41. The van der Waals surface area contributed by atoms with Crippen LogP contribution in [0.25, 0.3) is 11.0 Å². The molecule has 0 atom stereocenters. The van der Waals surface area contributed by atoms with E-state index < -0.39 is 0 Å². The molecule has 0 bridgehead atoms. The van der Waals surface area contributed by atoms with Crippen LogP contribution in [0.2, 0.25) is 0 Å². The van der Waals surface area contributed by atoms with E-state index in [4.69, 9.17) is 5.26 Å². The van der Waals surface area contributed by atoms with Crippen LogP contribution in [0.3, 0.4) is 0 Å². The molecule has 5 heteroatoms. The van der Waals surface area contributed by atoms with Crippen LogP contribution in [0.1, 0.15) is 36.6 Å². The van der Waals surface area contributed by atoms with E-state index in [0.717, 1.165) is 5.56 Å². The van der Waals surface area contributed by atoms with Gasteiger partial charge in [0.05, 0.1) is 17.6 Å². The van der Waals surface area contributed by atoms with E-state index >= 15 is 0 Å². The number of fused-ring (bicyclic) bond motifs is 1. The van der Waals surface area contributed by atoms with E-state index in [1.165, 1.54) is 4.57 Å². The SMILES string of the molecule is CC(C)c1c(CO)c(=O)n(C)c2ccc(C#N)nc12. The van der Waals surface area contributed by atoms with Crippen LogP contribution in [0.5, 0.6) is 0 Å². The van der Waals surface area contributed by atoms with Crippen molar-refractivity contribution in [1.29, 1.82) is 5.26 Å². The van der Waals surface area contributed by atoms with Crippen molar-refractivity contribution >= 4 is 11.0 Å². The number of pyridine rings is 2. The molecule has 0 fully saturated rings. The summed E-state index contributed by atoms with van der Waals surface area (Å²) in [6.07, 6.45) is 0. The van der Waals surface area contributed by atoms with Crippen molar-refractivity contribution in [2.24, 2.45) is 7.05 Å². The van der Waals surface area contributed by atoms with Gasteiger partial charge >= 0.3 is 0 Å². The van der Waals surface area contributed by atoms with Crippen LogP contribution in [-0.4, -0.2) is 14.7 Å². The molecule has 0 unspecified atom stereocenters. The molecule has 2 aromatic rings. The van der Waals surface area contributed by atoms with Crippen molar-refractivity contribution in [1.82, 2.24) is 9.55 Å². The molecule has 0 saturated heterocycles. The molecule has 2 aromatic heterocycles. The summed E-state index contributed by atoms with van der Waals surface area (Å²) in [5.41, 5.74) is 2.44. The van der Waals surface area contributed by atoms with Crippen molar-refractivity contribution in [3.05, 3.63) is 39.3 Å². The Morgan fingerprint density at radius 3 is 2.68 bits per heavy atom. The van der Waals surface area contributed by atoms with Gasteiger partial charge in [0.1, 0.15) is 11.8 Å². The van der Waals surface area contributed by atoms with Gasteiger partial charge in [-0.3, -0.25) is 4.79 Å². The molecule has 0 aliphatic rings. The summed E-state index contributed by atoms with van der Waals surface area (Å²) in [6, 6.07) is 5.30. The highest BCUT2D eigenvalue weighted by Gasteiger charge is 2.18. The van der Waals surface area contributed by atoms with Crippen LogP contribution in [0.15, 0.2) is 16.9 Å². The Bertz CT molecular complexity index is 739. The van der Waals surface area contributed by atoms with Gasteiger partial charge in [0.25, 0.3) is 5.56 Å². The predicted octanol–water partition coefficient (Wildman–Crippen LogP) is 1.42. The number of aliphatic hydroxyl groups excluding tert-OH is 1. The maximum atomic E-state index is 12.2. The fourth-order valence-corrected chi connectivity index (χ4v) is 2.33. The van der Waals surface area contributed by atoms with Crippen LogP contribution in [0, 0.1) is 11.3 Å². The molecule has 0 spiro atoms. The molecular formula is C14H15N3O2. The van der Waals surface area contributed by atoms with Crippen molar-refractivity contribution in [2.75, 3.05) is 0 Å². The van der Waals surface area contributed by atoms with Crippen molar-refractivity contribution in [2.45, 2.75) is 26.4 Å². The summed E-state index contributed by atoms with van der Waals surface area (Å²) in [6.45, 7) is 3.55. The average molecular weight is 257 g/mol. The van der Waals surface area contributed by atoms with Crippen molar-refractivity contribution in [3.8, 4) is 6.07 Å². The molecule has 1 N–H and O–H groups in total. The second kappa shape index (κ2) is 4.82. The van der Waals surface area contributed by atoms with Gasteiger partial charge in [0.15, 0.2) is 0 Å². The smallest absolute Gasteiger partial charge is 0.256 e. The lowest BCUT2D eigenvalue weighted by atomic mass is 9.96. The molecule has 0 aromatic carbocycles.